The van der Waals surface area contributed by atoms with Crippen molar-refractivity contribution in [2.45, 2.75) is 5.03 Å². The summed E-state index contributed by atoms with van der Waals surface area (Å²) in [5.41, 5.74) is 1.15. The van der Waals surface area contributed by atoms with E-state index < -0.39 is 0 Å². The van der Waals surface area contributed by atoms with Gasteiger partial charge in [-0.3, -0.25) is 9.59 Å². The van der Waals surface area contributed by atoms with Crippen molar-refractivity contribution in [2.75, 3.05) is 23.5 Å². The molecular formula is C20H18N4O3S. The first kappa shape index (κ1) is 19.4. The topological polar surface area (TPSA) is 93.2 Å². The van der Waals surface area contributed by atoms with Crippen molar-refractivity contribution in [3.05, 3.63) is 72.3 Å². The van der Waals surface area contributed by atoms with Crippen molar-refractivity contribution in [3.8, 4) is 5.75 Å². The number of thioether (sulfide) groups is 1. The number of para-hydroxylation sites is 2. The highest BCUT2D eigenvalue weighted by molar-refractivity contribution is 7.99. The normalized spacial score (nSPS) is 10.2. The van der Waals surface area contributed by atoms with Gasteiger partial charge in [0.1, 0.15) is 10.8 Å². The average Bonchev–Trinajstić information content (AvgIpc) is 2.74. The van der Waals surface area contributed by atoms with E-state index in [1.807, 2.05) is 18.2 Å². The summed E-state index contributed by atoms with van der Waals surface area (Å²) in [6.07, 6.45) is 0. The van der Waals surface area contributed by atoms with Gasteiger partial charge >= 0.3 is 0 Å². The van der Waals surface area contributed by atoms with E-state index in [0.717, 1.165) is 0 Å². The molecule has 0 aliphatic heterocycles. The molecule has 0 saturated carbocycles. The number of nitrogens with one attached hydrogen (secondary N) is 2. The quantitative estimate of drug-likeness (QED) is 0.596. The Morgan fingerprint density at radius 1 is 0.929 bits per heavy atom. The molecule has 2 N–H and O–H groups in total. The first-order valence-electron chi connectivity index (χ1n) is 8.41. The van der Waals surface area contributed by atoms with Crippen molar-refractivity contribution in [2.24, 2.45) is 0 Å². The summed E-state index contributed by atoms with van der Waals surface area (Å²) in [5.74, 6) is 0.669. The van der Waals surface area contributed by atoms with Crippen LogP contribution in [0, 0.1) is 0 Å². The molecule has 0 unspecified atom stereocenters. The van der Waals surface area contributed by atoms with Crippen molar-refractivity contribution in [1.82, 2.24) is 10.2 Å². The summed E-state index contributed by atoms with van der Waals surface area (Å²) in [5, 5.41) is 14.1. The van der Waals surface area contributed by atoms with Crippen LogP contribution >= 0.6 is 11.8 Å². The van der Waals surface area contributed by atoms with Crippen LogP contribution in [0.5, 0.6) is 5.75 Å². The second-order valence-electron chi connectivity index (χ2n) is 5.61. The van der Waals surface area contributed by atoms with E-state index in [1.54, 1.807) is 55.6 Å². The van der Waals surface area contributed by atoms with E-state index in [0.29, 0.717) is 27.8 Å². The minimum Gasteiger partial charge on any atom is -0.495 e. The Kier molecular flexibility index (Phi) is 6.59. The molecule has 3 rings (SSSR count). The molecule has 2 amide bonds. The molecule has 0 aliphatic carbocycles. The van der Waals surface area contributed by atoms with Crippen molar-refractivity contribution in [1.29, 1.82) is 0 Å². The molecule has 0 aliphatic rings. The van der Waals surface area contributed by atoms with Crippen molar-refractivity contribution >= 4 is 35.1 Å². The van der Waals surface area contributed by atoms with Crippen molar-refractivity contribution in [3.63, 3.8) is 0 Å². The number of hydrogen-bond donors (Lipinski definition) is 2. The SMILES string of the molecule is COc1ccccc1NC(=O)CSc1ccc(NC(=O)c2ccccc2)nn1. The number of anilines is 2. The smallest absolute Gasteiger partial charge is 0.256 e. The van der Waals surface area contributed by atoms with Crippen LogP contribution in [0.15, 0.2) is 71.8 Å². The summed E-state index contributed by atoms with van der Waals surface area (Å²) < 4.78 is 5.21. The standard InChI is InChI=1S/C20H18N4O3S/c1-27-16-10-6-5-9-15(16)21-18(25)13-28-19-12-11-17(23-24-19)22-20(26)14-7-3-2-4-8-14/h2-12H,13H2,1H3,(H,21,25)(H,22,23,26). The lowest BCUT2D eigenvalue weighted by Gasteiger charge is -2.09. The number of carbonyl (C=O) groups excluding carboxylic acids is 2. The van der Waals surface area contributed by atoms with Crippen LogP contribution in [0.1, 0.15) is 10.4 Å². The molecule has 0 saturated heterocycles. The minimum absolute atomic E-state index is 0.169. The maximum Gasteiger partial charge on any atom is 0.256 e. The van der Waals surface area contributed by atoms with Gasteiger partial charge in [0, 0.05) is 5.56 Å². The Hall–Kier alpha value is -3.39. The highest BCUT2D eigenvalue weighted by Crippen LogP contribution is 2.23. The molecule has 0 fully saturated rings. The molecule has 0 radical (unpaired) electrons. The van der Waals surface area contributed by atoms with Gasteiger partial charge in [0.25, 0.3) is 5.91 Å². The van der Waals surface area contributed by atoms with E-state index in [4.69, 9.17) is 4.74 Å². The molecule has 7 nitrogen and oxygen atoms in total. The summed E-state index contributed by atoms with van der Waals surface area (Å²) in [7, 11) is 1.55. The molecule has 1 heterocycles. The summed E-state index contributed by atoms with van der Waals surface area (Å²) in [6.45, 7) is 0. The molecular weight excluding hydrogens is 376 g/mol. The number of methoxy groups -OCH3 is 1. The second-order valence-corrected chi connectivity index (χ2v) is 6.61. The van der Waals surface area contributed by atoms with E-state index in [1.165, 1.54) is 11.8 Å². The first-order valence-corrected chi connectivity index (χ1v) is 9.40. The maximum atomic E-state index is 12.1. The van der Waals surface area contributed by atoms with E-state index in [-0.39, 0.29) is 17.6 Å². The van der Waals surface area contributed by atoms with Gasteiger partial charge in [-0.25, -0.2) is 0 Å². The van der Waals surface area contributed by atoms with Gasteiger partial charge in [0.05, 0.1) is 18.6 Å². The number of benzene rings is 2. The largest absolute Gasteiger partial charge is 0.495 e. The third kappa shape index (κ3) is 5.31. The number of hydrogen-bond acceptors (Lipinski definition) is 6. The summed E-state index contributed by atoms with van der Waals surface area (Å²) in [4.78, 5) is 24.2. The number of rotatable bonds is 7. The third-order valence-corrected chi connectivity index (χ3v) is 4.57. The van der Waals surface area contributed by atoms with Crippen molar-refractivity contribution < 1.29 is 14.3 Å². The van der Waals surface area contributed by atoms with Crippen LogP contribution in [0.3, 0.4) is 0 Å². The zero-order valence-electron chi connectivity index (χ0n) is 15.1. The maximum absolute atomic E-state index is 12.1. The molecule has 3 aromatic rings. The molecule has 142 valence electrons. The fraction of sp³-hybridized carbons (Fsp3) is 0.100. The molecule has 8 heteroatoms. The Bertz CT molecular complexity index is 949. The van der Waals surface area contributed by atoms with Crippen LogP contribution in [0.2, 0.25) is 0 Å². The monoisotopic (exact) mass is 394 g/mol. The number of ether oxygens (including phenoxy) is 1. The Morgan fingerprint density at radius 3 is 2.39 bits per heavy atom. The lowest BCUT2D eigenvalue weighted by atomic mass is 10.2. The highest BCUT2D eigenvalue weighted by Gasteiger charge is 2.10. The van der Waals surface area contributed by atoms with Gasteiger partial charge in [-0.1, -0.05) is 42.1 Å². The van der Waals surface area contributed by atoms with E-state index in [9.17, 15) is 9.59 Å². The fourth-order valence-corrected chi connectivity index (χ4v) is 2.93. The zero-order chi connectivity index (χ0) is 19.8. The van der Waals surface area contributed by atoms with Crippen LogP contribution in [0.4, 0.5) is 11.5 Å². The third-order valence-electron chi connectivity index (χ3n) is 3.65. The average molecular weight is 394 g/mol. The van der Waals surface area contributed by atoms with Crippen LogP contribution in [-0.2, 0) is 4.79 Å². The Labute approximate surface area is 166 Å². The molecule has 0 bridgehead atoms. The number of carbonyl (C=O) groups is 2. The minimum atomic E-state index is -0.258. The van der Waals surface area contributed by atoms with Crippen LogP contribution in [-0.4, -0.2) is 34.9 Å². The lowest BCUT2D eigenvalue weighted by molar-refractivity contribution is -0.113. The van der Waals surface area contributed by atoms with Gasteiger partial charge in [0.15, 0.2) is 5.82 Å². The Balaban J connectivity index is 1.51. The molecule has 0 spiro atoms. The van der Waals surface area contributed by atoms with Crippen LogP contribution < -0.4 is 15.4 Å². The van der Waals surface area contributed by atoms with Gasteiger partial charge < -0.3 is 15.4 Å². The van der Waals surface area contributed by atoms with Crippen LogP contribution in [0.25, 0.3) is 0 Å². The van der Waals surface area contributed by atoms with Gasteiger partial charge in [-0.2, -0.15) is 0 Å². The second kappa shape index (κ2) is 9.52. The predicted molar refractivity (Wildman–Crippen MR) is 109 cm³/mol. The summed E-state index contributed by atoms with van der Waals surface area (Å²) >= 11 is 1.25. The van der Waals surface area contributed by atoms with E-state index >= 15 is 0 Å². The molecule has 0 atom stereocenters. The lowest BCUT2D eigenvalue weighted by Crippen LogP contribution is -2.15. The predicted octanol–water partition coefficient (Wildman–Crippen LogP) is 3.47. The molecule has 1 aromatic heterocycles. The number of aromatic nitrogens is 2. The fourth-order valence-electron chi connectivity index (χ4n) is 2.32. The van der Waals surface area contributed by atoms with Gasteiger partial charge in [0.2, 0.25) is 5.91 Å². The number of nitrogens with zero attached hydrogens (tertiary/aromatic N) is 2. The number of amides is 2. The molecule has 2 aromatic carbocycles. The van der Waals surface area contributed by atoms with Gasteiger partial charge in [-0.05, 0) is 36.4 Å². The Morgan fingerprint density at radius 2 is 1.68 bits per heavy atom. The molecule has 28 heavy (non-hydrogen) atoms. The summed E-state index contributed by atoms with van der Waals surface area (Å²) in [6, 6.07) is 19.4. The van der Waals surface area contributed by atoms with Gasteiger partial charge in [-0.15, -0.1) is 10.2 Å². The van der Waals surface area contributed by atoms with E-state index in [2.05, 4.69) is 20.8 Å². The highest BCUT2D eigenvalue weighted by atomic mass is 32.2. The first-order chi connectivity index (χ1) is 13.7. The zero-order valence-corrected chi connectivity index (χ0v) is 15.9.